The van der Waals surface area contributed by atoms with E-state index in [-0.39, 0.29) is 12.3 Å². The van der Waals surface area contributed by atoms with Crippen molar-refractivity contribution in [2.45, 2.75) is 32.9 Å². The molecule has 1 atom stereocenters. The molecule has 0 bridgehead atoms. The third-order valence-corrected chi connectivity index (χ3v) is 4.47. The first-order valence-corrected chi connectivity index (χ1v) is 7.78. The van der Waals surface area contributed by atoms with Crippen molar-refractivity contribution in [3.8, 4) is 0 Å². The Balaban J connectivity index is 1.85. The van der Waals surface area contributed by atoms with Gasteiger partial charge in [-0.25, -0.2) is 4.98 Å². The lowest BCUT2D eigenvalue weighted by Crippen LogP contribution is -2.24. The van der Waals surface area contributed by atoms with Crippen molar-refractivity contribution in [3.05, 3.63) is 50.4 Å². The number of nitrogens with zero attached hydrogens (tertiary/aromatic N) is 1. The second-order valence-corrected chi connectivity index (χ2v) is 6.52. The number of aliphatic hydroxyl groups is 1. The molecule has 0 spiro atoms. The van der Waals surface area contributed by atoms with Crippen LogP contribution in [0.1, 0.15) is 33.7 Å². The molecule has 0 saturated heterocycles. The maximum absolute atomic E-state index is 11.8. The van der Waals surface area contributed by atoms with Gasteiger partial charge in [-0.3, -0.25) is 4.79 Å². The van der Waals surface area contributed by atoms with Crippen LogP contribution in [0.4, 0.5) is 0 Å². The minimum Gasteiger partial charge on any atom is -0.388 e. The fraction of sp³-hybridized carbons (Fsp3) is 0.333. The largest absolute Gasteiger partial charge is 0.388 e. The number of benzene rings is 1. The molecule has 112 valence electrons. The SMILES string of the molecule is Cc1nc(CNC(=O)CC(O)c2ccc(Cl)cc2)sc1C. The molecule has 2 rings (SSSR count). The second-order valence-electron chi connectivity index (χ2n) is 4.80. The Kier molecular flexibility index (Phi) is 5.33. The van der Waals surface area contributed by atoms with Gasteiger partial charge in [-0.1, -0.05) is 23.7 Å². The Bertz CT molecular complexity index is 606. The summed E-state index contributed by atoms with van der Waals surface area (Å²) in [6.45, 7) is 4.34. The second kappa shape index (κ2) is 7.02. The van der Waals surface area contributed by atoms with Crippen LogP contribution in [-0.4, -0.2) is 16.0 Å². The van der Waals surface area contributed by atoms with Crippen molar-refractivity contribution in [2.75, 3.05) is 0 Å². The Hall–Kier alpha value is -1.43. The number of hydrogen-bond donors (Lipinski definition) is 2. The van der Waals surface area contributed by atoms with Crippen LogP contribution in [0.3, 0.4) is 0 Å². The zero-order chi connectivity index (χ0) is 15.4. The number of nitrogens with one attached hydrogen (secondary N) is 1. The minimum atomic E-state index is -0.831. The lowest BCUT2D eigenvalue weighted by molar-refractivity contribution is -0.123. The number of carbonyl (C=O) groups excluding carboxylic acids is 1. The summed E-state index contributed by atoms with van der Waals surface area (Å²) in [5.74, 6) is -0.206. The third kappa shape index (κ3) is 4.52. The van der Waals surface area contributed by atoms with Gasteiger partial charge in [0.05, 0.1) is 24.8 Å². The van der Waals surface area contributed by atoms with Gasteiger partial charge in [-0.2, -0.15) is 0 Å². The lowest BCUT2D eigenvalue weighted by Gasteiger charge is -2.10. The molecule has 0 saturated carbocycles. The number of hydrogen-bond acceptors (Lipinski definition) is 4. The molecule has 0 fully saturated rings. The number of carbonyl (C=O) groups is 1. The van der Waals surface area contributed by atoms with Gasteiger partial charge in [-0.05, 0) is 31.5 Å². The molecule has 6 heteroatoms. The summed E-state index contributed by atoms with van der Waals surface area (Å²) in [5.41, 5.74) is 1.67. The van der Waals surface area contributed by atoms with Crippen LogP contribution in [0.25, 0.3) is 0 Å². The van der Waals surface area contributed by atoms with Gasteiger partial charge in [0.15, 0.2) is 0 Å². The van der Waals surface area contributed by atoms with E-state index in [9.17, 15) is 9.90 Å². The molecule has 0 aliphatic heterocycles. The van der Waals surface area contributed by atoms with Gasteiger partial charge in [-0.15, -0.1) is 11.3 Å². The van der Waals surface area contributed by atoms with Crippen LogP contribution in [0.5, 0.6) is 0 Å². The normalized spacial score (nSPS) is 12.2. The highest BCUT2D eigenvalue weighted by atomic mass is 35.5. The topological polar surface area (TPSA) is 62.2 Å². The van der Waals surface area contributed by atoms with E-state index in [2.05, 4.69) is 10.3 Å². The van der Waals surface area contributed by atoms with Crippen molar-refractivity contribution < 1.29 is 9.90 Å². The standard InChI is InChI=1S/C15H17ClN2O2S/c1-9-10(2)21-15(18-9)8-17-14(20)7-13(19)11-3-5-12(16)6-4-11/h3-6,13,19H,7-8H2,1-2H3,(H,17,20). The highest BCUT2D eigenvalue weighted by Crippen LogP contribution is 2.19. The van der Waals surface area contributed by atoms with Crippen LogP contribution in [0.15, 0.2) is 24.3 Å². The minimum absolute atomic E-state index is 0.0188. The van der Waals surface area contributed by atoms with Gasteiger partial charge in [0.2, 0.25) is 5.91 Å². The Morgan fingerprint density at radius 2 is 2.05 bits per heavy atom. The summed E-state index contributed by atoms with van der Waals surface area (Å²) >= 11 is 7.36. The Labute approximate surface area is 132 Å². The molecule has 2 N–H and O–H groups in total. The molecule has 1 aromatic carbocycles. The van der Waals surface area contributed by atoms with Gasteiger partial charge in [0, 0.05) is 9.90 Å². The first-order chi connectivity index (χ1) is 9.95. The maximum Gasteiger partial charge on any atom is 0.223 e. The van der Waals surface area contributed by atoms with Crippen molar-refractivity contribution in [2.24, 2.45) is 0 Å². The summed E-state index contributed by atoms with van der Waals surface area (Å²) in [6.07, 6.45) is -0.813. The predicted octanol–water partition coefficient (Wildman–Crippen LogP) is 3.15. The molecular weight excluding hydrogens is 308 g/mol. The van der Waals surface area contributed by atoms with Gasteiger partial charge in [0.1, 0.15) is 5.01 Å². The van der Waals surface area contributed by atoms with Crippen LogP contribution >= 0.6 is 22.9 Å². The van der Waals surface area contributed by atoms with Gasteiger partial charge < -0.3 is 10.4 Å². The first-order valence-electron chi connectivity index (χ1n) is 6.59. The molecule has 2 aromatic rings. The monoisotopic (exact) mass is 324 g/mol. The van der Waals surface area contributed by atoms with Crippen LogP contribution < -0.4 is 5.32 Å². The van der Waals surface area contributed by atoms with E-state index in [1.807, 2.05) is 13.8 Å². The number of aryl methyl sites for hydroxylation is 2. The van der Waals surface area contributed by atoms with Crippen LogP contribution in [0, 0.1) is 13.8 Å². The highest BCUT2D eigenvalue weighted by molar-refractivity contribution is 7.11. The van der Waals surface area contributed by atoms with E-state index in [0.29, 0.717) is 17.1 Å². The average molecular weight is 325 g/mol. The number of halogens is 1. The number of amides is 1. The molecule has 1 aromatic heterocycles. The summed E-state index contributed by atoms with van der Waals surface area (Å²) in [6, 6.07) is 6.82. The molecule has 1 heterocycles. The molecule has 1 amide bonds. The number of aromatic nitrogens is 1. The first kappa shape index (κ1) is 15.9. The van der Waals surface area contributed by atoms with Crippen molar-refractivity contribution in [1.82, 2.24) is 10.3 Å². The average Bonchev–Trinajstić information content (AvgIpc) is 2.76. The smallest absolute Gasteiger partial charge is 0.223 e. The molecule has 4 nitrogen and oxygen atoms in total. The number of rotatable bonds is 5. The van der Waals surface area contributed by atoms with Crippen molar-refractivity contribution in [3.63, 3.8) is 0 Å². The van der Waals surface area contributed by atoms with Crippen LogP contribution in [0.2, 0.25) is 5.02 Å². The molecule has 0 radical (unpaired) electrons. The summed E-state index contributed by atoms with van der Waals surface area (Å²) in [7, 11) is 0. The molecular formula is C15H17ClN2O2S. The van der Waals surface area contributed by atoms with Crippen molar-refractivity contribution in [1.29, 1.82) is 0 Å². The fourth-order valence-corrected chi connectivity index (χ4v) is 2.84. The van der Waals surface area contributed by atoms with Gasteiger partial charge >= 0.3 is 0 Å². The number of thiazole rings is 1. The molecule has 1 unspecified atom stereocenters. The lowest BCUT2D eigenvalue weighted by atomic mass is 10.1. The highest BCUT2D eigenvalue weighted by Gasteiger charge is 2.13. The van der Waals surface area contributed by atoms with Crippen molar-refractivity contribution >= 4 is 28.8 Å². The Morgan fingerprint density at radius 3 is 2.62 bits per heavy atom. The van der Waals surface area contributed by atoms with E-state index in [1.165, 1.54) is 0 Å². The molecule has 21 heavy (non-hydrogen) atoms. The number of aliphatic hydroxyl groups excluding tert-OH is 1. The van der Waals surface area contributed by atoms with Gasteiger partial charge in [0.25, 0.3) is 0 Å². The van der Waals surface area contributed by atoms with E-state index in [4.69, 9.17) is 11.6 Å². The predicted molar refractivity (Wildman–Crippen MR) is 84.5 cm³/mol. The zero-order valence-corrected chi connectivity index (χ0v) is 13.5. The third-order valence-electron chi connectivity index (χ3n) is 3.14. The maximum atomic E-state index is 11.8. The zero-order valence-electron chi connectivity index (χ0n) is 11.9. The van der Waals surface area contributed by atoms with Crippen LogP contribution in [-0.2, 0) is 11.3 Å². The summed E-state index contributed by atoms with van der Waals surface area (Å²) < 4.78 is 0. The summed E-state index contributed by atoms with van der Waals surface area (Å²) in [4.78, 5) is 17.3. The van der Waals surface area contributed by atoms with E-state index in [1.54, 1.807) is 35.6 Å². The fourth-order valence-electron chi connectivity index (χ4n) is 1.84. The molecule has 0 aliphatic rings. The molecule has 0 aliphatic carbocycles. The van der Waals surface area contributed by atoms with E-state index in [0.717, 1.165) is 15.6 Å². The quantitative estimate of drug-likeness (QED) is 0.888. The van der Waals surface area contributed by atoms with E-state index < -0.39 is 6.10 Å². The van der Waals surface area contributed by atoms with E-state index >= 15 is 0 Å². The summed E-state index contributed by atoms with van der Waals surface area (Å²) in [5, 5.41) is 14.3. The Morgan fingerprint density at radius 1 is 1.38 bits per heavy atom.